The van der Waals surface area contributed by atoms with E-state index in [2.05, 4.69) is 0 Å². The maximum absolute atomic E-state index is 11.8. The molecule has 0 atom stereocenters. The first-order chi connectivity index (χ1) is 27.1. The third-order valence-corrected chi connectivity index (χ3v) is 10.2. The maximum atomic E-state index is 11.8. The molecule has 0 radical (unpaired) electrons. The van der Waals surface area contributed by atoms with E-state index in [1.807, 2.05) is 72.8 Å². The summed E-state index contributed by atoms with van der Waals surface area (Å²) in [6.07, 6.45) is 1.76. The monoisotopic (exact) mass is 742 g/mol. The number of hydrogen-bond donors (Lipinski definition) is 7. The van der Waals surface area contributed by atoms with Gasteiger partial charge in [0.2, 0.25) is 0 Å². The molecule has 8 aromatic carbocycles. The number of benzene rings is 8. The molecule has 0 amide bonds. The van der Waals surface area contributed by atoms with Gasteiger partial charge in [-0.3, -0.25) is 0 Å². The molecule has 8 heteroatoms. The van der Waals surface area contributed by atoms with Crippen LogP contribution in [-0.4, -0.2) is 35.7 Å². The van der Waals surface area contributed by atoms with Crippen LogP contribution in [0.25, 0.3) is 21.5 Å². The Morgan fingerprint density at radius 1 is 0.321 bits per heavy atom. The van der Waals surface area contributed by atoms with E-state index in [9.17, 15) is 35.7 Å². The third-order valence-electron chi connectivity index (χ3n) is 10.2. The minimum Gasteiger partial charge on any atom is -0.508 e. The van der Waals surface area contributed by atoms with Gasteiger partial charge in [0, 0.05) is 34.0 Å². The highest BCUT2D eigenvalue weighted by Crippen LogP contribution is 2.43. The second-order valence-corrected chi connectivity index (χ2v) is 14.1. The van der Waals surface area contributed by atoms with Gasteiger partial charge in [-0.15, -0.1) is 0 Å². The number of aromatic hydroxyl groups is 7. The van der Waals surface area contributed by atoms with Crippen molar-refractivity contribution in [1.29, 1.82) is 0 Å². The Hall–Kier alpha value is -7.32. The van der Waals surface area contributed by atoms with Crippen molar-refractivity contribution in [3.63, 3.8) is 0 Å². The molecule has 0 saturated heterocycles. The number of fused-ring (bicyclic) bond motifs is 2. The fraction of sp³-hybridized carbons (Fsp3) is 0.0833. The van der Waals surface area contributed by atoms with Crippen LogP contribution in [-0.2, 0) is 25.7 Å². The molecule has 8 rings (SSSR count). The summed E-state index contributed by atoms with van der Waals surface area (Å²) >= 11 is 0. The smallest absolute Gasteiger partial charge is 0.131 e. The Balaban J connectivity index is 1.09. The SMILES string of the molecule is Oc1ccc(Cc2cc(Cc3ccc(O)cc3)c3c(O)ccc(Cc4ccc(Oc5cc(O)c6c(Cc7ccc(O)cc7)ccc(O)c6c5)cc4)c3c2O)cc1. The molecule has 0 saturated carbocycles. The number of hydrogen-bond acceptors (Lipinski definition) is 8. The van der Waals surface area contributed by atoms with Crippen molar-refractivity contribution < 1.29 is 40.5 Å². The van der Waals surface area contributed by atoms with E-state index in [1.165, 1.54) is 6.07 Å². The molecule has 0 unspecified atom stereocenters. The standard InChI is InChI=1S/C48H38O8/c49-36-11-1-28(2-12-36)21-32-9-19-42(52)41-26-40(27-44(54)45(32)41)56-39-17-7-31(8-18-39)22-33-10-20-43(53)46-34(23-29-3-13-37(50)14-4-29)25-35(48(55)47(33)46)24-30-5-15-38(51)16-6-30/h1-20,25-27,49-55H,21-24H2. The molecule has 7 N–H and O–H groups in total. The number of rotatable bonds is 10. The topological polar surface area (TPSA) is 151 Å². The lowest BCUT2D eigenvalue weighted by molar-refractivity contribution is 0.457. The molecule has 0 bridgehead atoms. The van der Waals surface area contributed by atoms with Crippen molar-refractivity contribution in [2.24, 2.45) is 0 Å². The minimum absolute atomic E-state index is 0.00683. The van der Waals surface area contributed by atoms with E-state index >= 15 is 0 Å². The summed E-state index contributed by atoms with van der Waals surface area (Å²) in [6.45, 7) is 0. The molecule has 0 aromatic heterocycles. The van der Waals surface area contributed by atoms with Gasteiger partial charge in [-0.2, -0.15) is 0 Å². The van der Waals surface area contributed by atoms with Gasteiger partial charge in [0.05, 0.1) is 0 Å². The van der Waals surface area contributed by atoms with Crippen LogP contribution in [0.1, 0.15) is 44.5 Å². The number of phenolic OH excluding ortho intramolecular Hbond substituents is 7. The van der Waals surface area contributed by atoms with Crippen LogP contribution < -0.4 is 4.74 Å². The first-order valence-electron chi connectivity index (χ1n) is 18.1. The quantitative estimate of drug-likeness (QED) is 0.0732. The third kappa shape index (κ3) is 7.41. The van der Waals surface area contributed by atoms with E-state index in [1.54, 1.807) is 60.7 Å². The molecule has 0 heterocycles. The van der Waals surface area contributed by atoms with Gasteiger partial charge < -0.3 is 40.5 Å². The van der Waals surface area contributed by atoms with Gasteiger partial charge in [-0.1, -0.05) is 66.7 Å². The Morgan fingerprint density at radius 3 is 1.30 bits per heavy atom. The highest BCUT2D eigenvalue weighted by atomic mass is 16.5. The molecule has 0 spiro atoms. The van der Waals surface area contributed by atoms with Crippen LogP contribution >= 0.6 is 0 Å². The highest BCUT2D eigenvalue weighted by molar-refractivity contribution is 5.99. The summed E-state index contributed by atoms with van der Waals surface area (Å²) in [5.41, 5.74) is 6.79. The Morgan fingerprint density at radius 2 is 0.768 bits per heavy atom. The van der Waals surface area contributed by atoms with E-state index in [0.29, 0.717) is 64.3 Å². The summed E-state index contributed by atoms with van der Waals surface area (Å²) in [4.78, 5) is 0. The molecule has 56 heavy (non-hydrogen) atoms. The Kier molecular flexibility index (Phi) is 9.46. The fourth-order valence-electron chi connectivity index (χ4n) is 7.40. The zero-order valence-corrected chi connectivity index (χ0v) is 30.1. The van der Waals surface area contributed by atoms with Crippen LogP contribution in [0.15, 0.2) is 140 Å². The predicted molar refractivity (Wildman–Crippen MR) is 217 cm³/mol. The summed E-state index contributed by atoms with van der Waals surface area (Å²) < 4.78 is 6.16. The van der Waals surface area contributed by atoms with E-state index < -0.39 is 0 Å². The van der Waals surface area contributed by atoms with Gasteiger partial charge >= 0.3 is 0 Å². The molecule has 0 aliphatic rings. The average Bonchev–Trinajstić information content (AvgIpc) is 3.18. The van der Waals surface area contributed by atoms with Crippen LogP contribution in [0.3, 0.4) is 0 Å². The molecule has 0 aliphatic carbocycles. The Labute approximate surface area is 322 Å². The first-order valence-corrected chi connectivity index (χ1v) is 18.1. The highest BCUT2D eigenvalue weighted by Gasteiger charge is 2.20. The zero-order valence-electron chi connectivity index (χ0n) is 30.1. The lowest BCUT2D eigenvalue weighted by atomic mass is 9.88. The lowest BCUT2D eigenvalue weighted by Crippen LogP contribution is -1.99. The normalized spacial score (nSPS) is 11.3. The number of ether oxygens (including phenoxy) is 1. The van der Waals surface area contributed by atoms with Crippen LogP contribution in [0.2, 0.25) is 0 Å². The second-order valence-electron chi connectivity index (χ2n) is 14.1. The molecule has 0 fully saturated rings. The molecule has 8 nitrogen and oxygen atoms in total. The predicted octanol–water partition coefficient (Wildman–Crippen LogP) is 10.1. The fourth-order valence-corrected chi connectivity index (χ4v) is 7.40. The van der Waals surface area contributed by atoms with E-state index in [4.69, 9.17) is 4.74 Å². The summed E-state index contributed by atoms with van der Waals surface area (Å²) in [7, 11) is 0. The average molecular weight is 743 g/mol. The largest absolute Gasteiger partial charge is 0.508 e. The number of phenols is 7. The van der Waals surface area contributed by atoms with Crippen LogP contribution in [0.4, 0.5) is 0 Å². The van der Waals surface area contributed by atoms with Crippen molar-refractivity contribution in [1.82, 2.24) is 0 Å². The van der Waals surface area contributed by atoms with Crippen molar-refractivity contribution in [3.05, 3.63) is 184 Å². The summed E-state index contributed by atoms with van der Waals surface area (Å²) in [5, 5.41) is 76.4. The summed E-state index contributed by atoms with van der Waals surface area (Å²) in [5.74, 6) is 1.42. The van der Waals surface area contributed by atoms with Crippen molar-refractivity contribution >= 4 is 21.5 Å². The van der Waals surface area contributed by atoms with Crippen molar-refractivity contribution in [2.75, 3.05) is 0 Å². The lowest BCUT2D eigenvalue weighted by Gasteiger charge is -2.18. The van der Waals surface area contributed by atoms with Crippen molar-refractivity contribution in [3.8, 4) is 51.7 Å². The second kappa shape index (κ2) is 14.8. The summed E-state index contributed by atoms with van der Waals surface area (Å²) in [6, 6.07) is 40.0. The van der Waals surface area contributed by atoms with Crippen molar-refractivity contribution in [2.45, 2.75) is 25.7 Å². The maximum Gasteiger partial charge on any atom is 0.131 e. The van der Waals surface area contributed by atoms with Gasteiger partial charge in [0.1, 0.15) is 51.7 Å². The molecular formula is C48H38O8. The van der Waals surface area contributed by atoms with Gasteiger partial charge in [-0.05, 0) is 131 Å². The molecule has 0 aliphatic heterocycles. The van der Waals surface area contributed by atoms with Crippen LogP contribution in [0.5, 0.6) is 51.7 Å². The van der Waals surface area contributed by atoms with E-state index in [0.717, 1.165) is 38.9 Å². The van der Waals surface area contributed by atoms with Gasteiger partial charge in [0.25, 0.3) is 0 Å². The Bertz CT molecular complexity index is 2700. The van der Waals surface area contributed by atoms with Gasteiger partial charge in [-0.25, -0.2) is 0 Å². The molecule has 278 valence electrons. The van der Waals surface area contributed by atoms with Gasteiger partial charge in [0.15, 0.2) is 0 Å². The van der Waals surface area contributed by atoms with Crippen LogP contribution in [0, 0.1) is 0 Å². The van der Waals surface area contributed by atoms with E-state index in [-0.39, 0.29) is 40.2 Å². The molecular weight excluding hydrogens is 705 g/mol. The zero-order chi connectivity index (χ0) is 38.9. The molecule has 8 aromatic rings. The first kappa shape index (κ1) is 35.7. The minimum atomic E-state index is -0.0348.